The van der Waals surface area contributed by atoms with E-state index in [1.807, 2.05) is 81.4 Å². The molecule has 234 valence electrons. The maximum Gasteiger partial charge on any atom is 0.411 e. The molecule has 0 saturated carbocycles. The third-order valence-electron chi connectivity index (χ3n) is 7.80. The molecule has 2 amide bonds. The molecule has 3 N–H and O–H groups in total. The van der Waals surface area contributed by atoms with Gasteiger partial charge in [0, 0.05) is 66.8 Å². The van der Waals surface area contributed by atoms with Crippen molar-refractivity contribution < 1.29 is 18.8 Å². The molecule has 2 aromatic heterocycles. The first-order chi connectivity index (χ1) is 21.7. The number of carbonyl (C=O) groups excluding carboxylic acids is 2. The van der Waals surface area contributed by atoms with Crippen LogP contribution >= 0.6 is 0 Å². The minimum Gasteiger partial charge on any atom is -0.399 e. The minimum atomic E-state index is -0.368. The van der Waals surface area contributed by atoms with E-state index in [1.54, 1.807) is 18.6 Å². The van der Waals surface area contributed by atoms with E-state index >= 15 is 0 Å². The third-order valence-corrected chi connectivity index (χ3v) is 7.80. The Labute approximate surface area is 264 Å². The fourth-order valence-electron chi connectivity index (χ4n) is 5.04. The second-order valence-corrected chi connectivity index (χ2v) is 12.0. The normalized spacial score (nSPS) is 14.5. The first kappa shape index (κ1) is 31.6. The van der Waals surface area contributed by atoms with Crippen LogP contribution in [0.25, 0.3) is 11.3 Å². The van der Waals surface area contributed by atoms with Crippen LogP contribution in [0.4, 0.5) is 22.1 Å². The van der Waals surface area contributed by atoms with E-state index in [-0.39, 0.29) is 18.0 Å². The van der Waals surface area contributed by atoms with Gasteiger partial charge in [0.05, 0.1) is 25.8 Å². The summed E-state index contributed by atoms with van der Waals surface area (Å²) in [4.78, 5) is 40.5. The molecule has 11 heteroatoms. The molecule has 0 radical (unpaired) electrons. The Morgan fingerprint density at radius 2 is 1.80 bits per heavy atom. The highest BCUT2D eigenvalue weighted by Gasteiger charge is 2.30. The second-order valence-electron chi connectivity index (χ2n) is 12.0. The molecule has 1 fully saturated rings. The lowest BCUT2D eigenvalue weighted by Gasteiger charge is -2.41. The van der Waals surface area contributed by atoms with Gasteiger partial charge < -0.3 is 20.7 Å². The summed E-state index contributed by atoms with van der Waals surface area (Å²) >= 11 is 0. The molecule has 0 aliphatic carbocycles. The fraction of sp³-hybridized carbons (Fsp3) is 0.324. The van der Waals surface area contributed by atoms with Crippen LogP contribution in [-0.4, -0.2) is 82.3 Å². The standard InChI is InChI=1S/C34H40N8O3/c1-24(2)37-34(44)45-23-42(4)18-16-41(17-19-42)22-26-8-10-27(11-9-26)32(43)38-29-12-7-25(3)31(20-29)40-33-36-15-13-30(39-33)28-6-5-14-35-21-28/h5-15,20-21,24H,16-19,22-23H2,1-4H3,(H2-,36,37,38,39,40,43,44)/p+1. The van der Waals surface area contributed by atoms with Crippen LogP contribution < -0.4 is 16.0 Å². The maximum absolute atomic E-state index is 13.1. The number of hydrogen-bond donors (Lipinski definition) is 3. The predicted octanol–water partition coefficient (Wildman–Crippen LogP) is 5.20. The zero-order valence-corrected chi connectivity index (χ0v) is 26.3. The first-order valence-corrected chi connectivity index (χ1v) is 15.2. The molecule has 45 heavy (non-hydrogen) atoms. The molecule has 1 aliphatic heterocycles. The number of likely N-dealkylation sites (N-methyl/N-ethyl adjacent to an activating group) is 1. The zero-order chi connectivity index (χ0) is 31.8. The van der Waals surface area contributed by atoms with E-state index in [9.17, 15) is 9.59 Å². The summed E-state index contributed by atoms with van der Waals surface area (Å²) in [5.41, 5.74) is 5.86. The average molecular weight is 610 g/mol. The lowest BCUT2D eigenvalue weighted by Crippen LogP contribution is -2.58. The number of alkyl carbamates (subject to hydrolysis) is 1. The largest absolute Gasteiger partial charge is 0.411 e. The Morgan fingerprint density at radius 1 is 1.02 bits per heavy atom. The van der Waals surface area contributed by atoms with Crippen LogP contribution in [-0.2, 0) is 11.3 Å². The number of aryl methyl sites for hydroxylation is 1. The van der Waals surface area contributed by atoms with Gasteiger partial charge in [0.1, 0.15) is 0 Å². The summed E-state index contributed by atoms with van der Waals surface area (Å²) in [6.07, 6.45) is 4.82. The predicted molar refractivity (Wildman–Crippen MR) is 175 cm³/mol. The monoisotopic (exact) mass is 609 g/mol. The van der Waals surface area contributed by atoms with E-state index in [0.29, 0.717) is 28.4 Å². The van der Waals surface area contributed by atoms with Crippen LogP contribution in [0.5, 0.6) is 0 Å². The molecular weight excluding hydrogens is 568 g/mol. The second kappa shape index (κ2) is 14.3. The van der Waals surface area contributed by atoms with Gasteiger partial charge in [-0.3, -0.25) is 19.2 Å². The summed E-state index contributed by atoms with van der Waals surface area (Å²) in [5.74, 6) is 0.275. The van der Waals surface area contributed by atoms with Gasteiger partial charge in [-0.15, -0.1) is 0 Å². The first-order valence-electron chi connectivity index (χ1n) is 15.2. The van der Waals surface area contributed by atoms with Crippen molar-refractivity contribution in [1.82, 2.24) is 25.2 Å². The molecule has 0 spiro atoms. The lowest BCUT2D eigenvalue weighted by molar-refractivity contribution is -0.929. The summed E-state index contributed by atoms with van der Waals surface area (Å²) in [7, 11) is 2.12. The summed E-state index contributed by atoms with van der Waals surface area (Å²) < 4.78 is 6.14. The van der Waals surface area contributed by atoms with Crippen molar-refractivity contribution in [2.45, 2.75) is 33.4 Å². The van der Waals surface area contributed by atoms with Crippen molar-refractivity contribution in [1.29, 1.82) is 0 Å². The van der Waals surface area contributed by atoms with Crippen molar-refractivity contribution >= 4 is 29.3 Å². The van der Waals surface area contributed by atoms with E-state index < -0.39 is 0 Å². The Morgan fingerprint density at radius 3 is 2.51 bits per heavy atom. The minimum absolute atomic E-state index is 0.0541. The van der Waals surface area contributed by atoms with E-state index in [1.165, 1.54) is 0 Å². The number of quaternary nitrogens is 1. The Kier molecular flexibility index (Phi) is 10.0. The van der Waals surface area contributed by atoms with Crippen LogP contribution in [0, 0.1) is 6.92 Å². The number of ether oxygens (including phenoxy) is 1. The van der Waals surface area contributed by atoms with Crippen LogP contribution in [0.15, 0.2) is 79.3 Å². The molecule has 1 aliphatic rings. The van der Waals surface area contributed by atoms with Crippen LogP contribution in [0.3, 0.4) is 0 Å². The smallest absolute Gasteiger partial charge is 0.399 e. The summed E-state index contributed by atoms with van der Waals surface area (Å²) in [6, 6.07) is 19.2. The lowest BCUT2D eigenvalue weighted by atomic mass is 10.1. The number of nitrogens with one attached hydrogen (secondary N) is 3. The van der Waals surface area contributed by atoms with Gasteiger partial charge in [-0.05, 0) is 74.4 Å². The van der Waals surface area contributed by atoms with Crippen molar-refractivity contribution in [3.63, 3.8) is 0 Å². The van der Waals surface area contributed by atoms with Crippen molar-refractivity contribution in [2.24, 2.45) is 0 Å². The fourth-order valence-corrected chi connectivity index (χ4v) is 5.04. The highest BCUT2D eigenvalue weighted by atomic mass is 16.6. The topological polar surface area (TPSA) is 121 Å². The molecule has 2 aromatic carbocycles. The number of pyridine rings is 1. The third kappa shape index (κ3) is 8.84. The SMILES string of the molecule is Cc1ccc(NC(=O)c2ccc(CN3CC[N+](C)(COC(=O)NC(C)C)CC3)cc2)cc1Nc1nccc(-c2cccnc2)n1. The van der Waals surface area contributed by atoms with Crippen molar-refractivity contribution in [3.05, 3.63) is 95.9 Å². The number of hydrogen-bond acceptors (Lipinski definition) is 8. The molecule has 0 unspecified atom stereocenters. The Bertz CT molecular complexity index is 1600. The number of anilines is 3. The number of benzene rings is 2. The van der Waals surface area contributed by atoms with Crippen molar-refractivity contribution in [3.8, 4) is 11.3 Å². The Hall–Kier alpha value is -4.87. The molecular formula is C34H41N8O3+. The molecule has 4 aromatic rings. The molecule has 0 atom stereocenters. The van der Waals surface area contributed by atoms with Crippen LogP contribution in [0.2, 0.25) is 0 Å². The number of amides is 2. The number of nitrogens with zero attached hydrogens (tertiary/aromatic N) is 5. The van der Waals surface area contributed by atoms with E-state index in [2.05, 4.69) is 42.8 Å². The summed E-state index contributed by atoms with van der Waals surface area (Å²) in [6.45, 7) is 10.6. The van der Waals surface area contributed by atoms with Gasteiger partial charge >= 0.3 is 6.09 Å². The van der Waals surface area contributed by atoms with Gasteiger partial charge in [0.2, 0.25) is 12.7 Å². The highest BCUT2D eigenvalue weighted by Crippen LogP contribution is 2.25. The average Bonchev–Trinajstić information content (AvgIpc) is 3.03. The quantitative estimate of drug-likeness (QED) is 0.210. The van der Waals surface area contributed by atoms with Crippen LogP contribution in [0.1, 0.15) is 35.3 Å². The van der Waals surface area contributed by atoms with E-state index in [0.717, 1.165) is 60.8 Å². The maximum atomic E-state index is 13.1. The number of rotatable bonds is 10. The van der Waals surface area contributed by atoms with Gasteiger partial charge in [-0.25, -0.2) is 14.8 Å². The van der Waals surface area contributed by atoms with Crippen molar-refractivity contribution in [2.75, 3.05) is 50.6 Å². The van der Waals surface area contributed by atoms with E-state index in [4.69, 9.17) is 4.74 Å². The number of piperazine rings is 1. The van der Waals surface area contributed by atoms with Gasteiger partial charge in [-0.1, -0.05) is 18.2 Å². The zero-order valence-electron chi connectivity index (χ0n) is 26.3. The molecule has 0 bridgehead atoms. The molecule has 3 heterocycles. The van der Waals surface area contributed by atoms with Gasteiger partial charge in [0.15, 0.2) is 0 Å². The molecule has 5 rings (SSSR count). The van der Waals surface area contributed by atoms with Gasteiger partial charge in [0.25, 0.3) is 5.91 Å². The van der Waals surface area contributed by atoms with Gasteiger partial charge in [-0.2, -0.15) is 0 Å². The highest BCUT2D eigenvalue weighted by molar-refractivity contribution is 6.04. The number of carbonyl (C=O) groups is 2. The Balaban J connectivity index is 1.13. The summed E-state index contributed by atoms with van der Waals surface area (Å²) in [5, 5.41) is 9.06. The molecule has 11 nitrogen and oxygen atoms in total. The molecule has 1 saturated heterocycles. The number of aromatic nitrogens is 3.